The number of aromatic nitrogens is 2. The Hall–Kier alpha value is -2.35. The van der Waals surface area contributed by atoms with Crippen LogP contribution in [0.15, 0.2) is 35.1 Å². The lowest BCUT2D eigenvalue weighted by Crippen LogP contribution is -2.31. The van der Waals surface area contributed by atoms with Crippen molar-refractivity contribution in [2.75, 3.05) is 11.9 Å². The molecule has 0 unspecified atom stereocenters. The Morgan fingerprint density at radius 2 is 2.19 bits per heavy atom. The monoisotopic (exact) mass is 352 g/mol. The Bertz CT molecular complexity index is 643. The van der Waals surface area contributed by atoms with E-state index in [1.165, 1.54) is 12.1 Å². The first kappa shape index (κ1) is 15.0. The summed E-state index contributed by atoms with van der Waals surface area (Å²) in [5.74, 6) is -0.336. The van der Waals surface area contributed by atoms with Crippen molar-refractivity contribution in [1.29, 1.82) is 0 Å². The van der Waals surface area contributed by atoms with E-state index in [-0.39, 0.29) is 11.3 Å². The van der Waals surface area contributed by atoms with Gasteiger partial charge in [0.25, 0.3) is 0 Å². The molecule has 0 aliphatic heterocycles. The highest BCUT2D eigenvalue weighted by Gasteiger charge is 2.12. The van der Waals surface area contributed by atoms with Crippen molar-refractivity contribution in [1.82, 2.24) is 15.3 Å². The van der Waals surface area contributed by atoms with Crippen molar-refractivity contribution in [3.05, 3.63) is 46.5 Å². The normalized spacial score (nSPS) is 10.1. The first-order chi connectivity index (χ1) is 10.1. The predicted molar refractivity (Wildman–Crippen MR) is 80.4 cm³/mol. The van der Waals surface area contributed by atoms with E-state index in [9.17, 15) is 9.59 Å². The molecular weight excluding hydrogens is 340 g/mol. The third-order valence-corrected chi connectivity index (χ3v) is 3.16. The first-order valence-corrected chi connectivity index (χ1v) is 6.91. The zero-order valence-corrected chi connectivity index (χ0v) is 12.5. The third-order valence-electron chi connectivity index (χ3n) is 2.66. The van der Waals surface area contributed by atoms with Crippen LogP contribution in [0.2, 0.25) is 0 Å². The molecule has 1 aromatic heterocycles. The third kappa shape index (κ3) is 4.32. The molecule has 1 aromatic carbocycles. The Morgan fingerprint density at radius 1 is 1.38 bits per heavy atom. The molecule has 0 fully saturated rings. The summed E-state index contributed by atoms with van der Waals surface area (Å²) in [6.07, 6.45) is 3.90. The van der Waals surface area contributed by atoms with Crippen LogP contribution in [-0.4, -0.2) is 33.6 Å². The summed E-state index contributed by atoms with van der Waals surface area (Å²) < 4.78 is 0.679. The van der Waals surface area contributed by atoms with E-state index >= 15 is 0 Å². The maximum atomic E-state index is 11.8. The molecule has 0 atom stereocenters. The van der Waals surface area contributed by atoms with Crippen LogP contribution in [0.5, 0.6) is 0 Å². The summed E-state index contributed by atoms with van der Waals surface area (Å²) in [4.78, 5) is 29.8. The number of carbonyl (C=O) groups is 2. The number of nitrogens with one attached hydrogen (secondary N) is 3. The molecular formula is C13H13BrN4O3. The zero-order valence-electron chi connectivity index (χ0n) is 10.9. The number of urea groups is 1. The second kappa shape index (κ2) is 6.89. The highest BCUT2D eigenvalue weighted by atomic mass is 79.9. The molecule has 2 amide bonds. The van der Waals surface area contributed by atoms with Crippen LogP contribution >= 0.6 is 15.9 Å². The molecule has 110 valence electrons. The van der Waals surface area contributed by atoms with Gasteiger partial charge in [0.15, 0.2) is 0 Å². The average molecular weight is 353 g/mol. The standard InChI is InChI=1S/C13H13BrN4O3/c14-8-1-2-9(12(19)20)10(7-8)18-13(21)17-4-3-11-15-5-6-16-11/h1-2,5-7H,3-4H2,(H,15,16)(H,19,20)(H2,17,18,21). The fourth-order valence-electron chi connectivity index (χ4n) is 1.70. The highest BCUT2D eigenvalue weighted by molar-refractivity contribution is 9.10. The molecule has 21 heavy (non-hydrogen) atoms. The molecule has 2 rings (SSSR count). The Kier molecular flexibility index (Phi) is 4.94. The lowest BCUT2D eigenvalue weighted by molar-refractivity contribution is 0.0698. The largest absolute Gasteiger partial charge is 0.478 e. The van der Waals surface area contributed by atoms with Gasteiger partial charge in [-0.3, -0.25) is 0 Å². The van der Waals surface area contributed by atoms with Crippen molar-refractivity contribution in [3.63, 3.8) is 0 Å². The van der Waals surface area contributed by atoms with Crippen LogP contribution in [0.1, 0.15) is 16.2 Å². The van der Waals surface area contributed by atoms with Crippen LogP contribution in [0.25, 0.3) is 0 Å². The maximum absolute atomic E-state index is 11.8. The van der Waals surface area contributed by atoms with Gasteiger partial charge in [-0.1, -0.05) is 15.9 Å². The lowest BCUT2D eigenvalue weighted by atomic mass is 10.2. The van der Waals surface area contributed by atoms with Gasteiger partial charge in [0.05, 0.1) is 11.3 Å². The van der Waals surface area contributed by atoms with Gasteiger partial charge in [-0.25, -0.2) is 14.6 Å². The topological polar surface area (TPSA) is 107 Å². The Labute approximate surface area is 128 Å². The van der Waals surface area contributed by atoms with Gasteiger partial charge in [0.1, 0.15) is 5.82 Å². The van der Waals surface area contributed by atoms with Crippen LogP contribution < -0.4 is 10.6 Å². The van der Waals surface area contributed by atoms with Crippen molar-refractivity contribution in [3.8, 4) is 0 Å². The zero-order chi connectivity index (χ0) is 15.2. The second-order valence-electron chi connectivity index (χ2n) is 4.16. The number of imidazole rings is 1. The molecule has 0 saturated carbocycles. The van der Waals surface area contributed by atoms with Gasteiger partial charge < -0.3 is 20.7 Å². The van der Waals surface area contributed by atoms with Gasteiger partial charge in [-0.2, -0.15) is 0 Å². The molecule has 4 N–H and O–H groups in total. The molecule has 2 aromatic rings. The van der Waals surface area contributed by atoms with E-state index in [1.807, 2.05) is 0 Å². The second-order valence-corrected chi connectivity index (χ2v) is 5.08. The number of anilines is 1. The van der Waals surface area contributed by atoms with Crippen LogP contribution in [-0.2, 0) is 6.42 Å². The average Bonchev–Trinajstić information content (AvgIpc) is 2.91. The number of amides is 2. The molecule has 7 nitrogen and oxygen atoms in total. The van der Waals surface area contributed by atoms with Gasteiger partial charge in [0, 0.05) is 29.8 Å². The fourth-order valence-corrected chi connectivity index (χ4v) is 2.06. The van der Waals surface area contributed by atoms with Gasteiger partial charge in [0.2, 0.25) is 0 Å². The van der Waals surface area contributed by atoms with Gasteiger partial charge in [-0.05, 0) is 18.2 Å². The summed E-state index contributed by atoms with van der Waals surface area (Å²) in [7, 11) is 0. The van der Waals surface area contributed by atoms with Crippen molar-refractivity contribution in [2.24, 2.45) is 0 Å². The van der Waals surface area contributed by atoms with Crippen LogP contribution in [0.3, 0.4) is 0 Å². The number of rotatable bonds is 5. The molecule has 0 aliphatic carbocycles. The number of aromatic carboxylic acids is 1. The summed E-state index contributed by atoms with van der Waals surface area (Å²) in [5.41, 5.74) is 0.256. The predicted octanol–water partition coefficient (Wildman–Crippen LogP) is 2.23. The van der Waals surface area contributed by atoms with Crippen LogP contribution in [0, 0.1) is 0 Å². The molecule has 0 aliphatic rings. The van der Waals surface area contributed by atoms with E-state index in [0.717, 1.165) is 5.82 Å². The number of aromatic amines is 1. The van der Waals surface area contributed by atoms with E-state index in [1.54, 1.807) is 18.5 Å². The molecule has 0 radical (unpaired) electrons. The molecule has 8 heteroatoms. The lowest BCUT2D eigenvalue weighted by Gasteiger charge is -2.10. The van der Waals surface area contributed by atoms with Crippen molar-refractivity contribution in [2.45, 2.75) is 6.42 Å². The van der Waals surface area contributed by atoms with Crippen molar-refractivity contribution < 1.29 is 14.7 Å². The number of hydrogen-bond acceptors (Lipinski definition) is 3. The number of carbonyl (C=O) groups excluding carboxylic acids is 1. The molecule has 0 saturated heterocycles. The molecule has 0 spiro atoms. The number of benzene rings is 1. The number of carboxylic acid groups (broad SMARTS) is 1. The summed E-state index contributed by atoms with van der Waals surface area (Å²) >= 11 is 3.24. The minimum atomic E-state index is -1.10. The smallest absolute Gasteiger partial charge is 0.337 e. The van der Waals surface area contributed by atoms with E-state index in [0.29, 0.717) is 17.4 Å². The minimum Gasteiger partial charge on any atom is -0.478 e. The summed E-state index contributed by atoms with van der Waals surface area (Å²) in [5, 5.41) is 14.2. The number of H-pyrrole nitrogens is 1. The Morgan fingerprint density at radius 3 is 2.86 bits per heavy atom. The van der Waals surface area contributed by atoms with Crippen molar-refractivity contribution >= 4 is 33.6 Å². The summed E-state index contributed by atoms with van der Waals surface area (Å²) in [6, 6.07) is 4.09. The Balaban J connectivity index is 1.93. The van der Waals surface area contributed by atoms with Crippen LogP contribution in [0.4, 0.5) is 10.5 Å². The fraction of sp³-hybridized carbons (Fsp3) is 0.154. The minimum absolute atomic E-state index is 0.0272. The number of halogens is 1. The number of nitrogens with zero attached hydrogens (tertiary/aromatic N) is 1. The summed E-state index contributed by atoms with van der Waals surface area (Å²) in [6.45, 7) is 0.385. The van der Waals surface area contributed by atoms with E-state index in [2.05, 4.69) is 36.5 Å². The highest BCUT2D eigenvalue weighted by Crippen LogP contribution is 2.21. The first-order valence-electron chi connectivity index (χ1n) is 6.12. The van der Waals surface area contributed by atoms with Gasteiger partial charge >= 0.3 is 12.0 Å². The quantitative estimate of drug-likeness (QED) is 0.661. The maximum Gasteiger partial charge on any atom is 0.337 e. The SMILES string of the molecule is O=C(NCCc1ncc[nH]1)Nc1cc(Br)ccc1C(=O)O. The van der Waals surface area contributed by atoms with Gasteiger partial charge in [-0.15, -0.1) is 0 Å². The van der Waals surface area contributed by atoms with E-state index in [4.69, 9.17) is 5.11 Å². The molecule has 0 bridgehead atoms. The molecule has 1 heterocycles. The van der Waals surface area contributed by atoms with E-state index < -0.39 is 12.0 Å². The number of hydrogen-bond donors (Lipinski definition) is 4. The number of carboxylic acids is 1.